The summed E-state index contributed by atoms with van der Waals surface area (Å²) in [5, 5.41) is 1.03. The summed E-state index contributed by atoms with van der Waals surface area (Å²) in [6.45, 7) is 4.47. The van der Waals surface area contributed by atoms with Crippen LogP contribution in [0.4, 0.5) is 5.69 Å². The summed E-state index contributed by atoms with van der Waals surface area (Å²) in [7, 11) is 0. The molecule has 178 valence electrons. The van der Waals surface area contributed by atoms with Gasteiger partial charge in [-0.2, -0.15) is 0 Å². The van der Waals surface area contributed by atoms with Crippen molar-refractivity contribution in [1.29, 1.82) is 0 Å². The van der Waals surface area contributed by atoms with E-state index >= 15 is 0 Å². The zero-order chi connectivity index (χ0) is 22.6. The van der Waals surface area contributed by atoms with Gasteiger partial charge in [0.05, 0.1) is 6.42 Å². The molecule has 1 amide bonds. The highest BCUT2D eigenvalue weighted by atomic mass is 79.9. The van der Waals surface area contributed by atoms with Crippen molar-refractivity contribution < 1.29 is 4.79 Å². The van der Waals surface area contributed by atoms with Crippen molar-refractivity contribution in [3.63, 3.8) is 0 Å². The first kappa shape index (κ1) is 28.0. The van der Waals surface area contributed by atoms with E-state index < -0.39 is 0 Å². The van der Waals surface area contributed by atoms with E-state index in [1.807, 2.05) is 12.1 Å². The molecule has 1 aromatic rings. The van der Waals surface area contributed by atoms with E-state index in [0.717, 1.165) is 30.4 Å². The first-order valence-corrected chi connectivity index (χ1v) is 14.0. The van der Waals surface area contributed by atoms with Crippen molar-refractivity contribution in [1.82, 2.24) is 0 Å². The SMILES string of the molecule is CCCCCCCCCCCCCCCCN(CCCBr)c1ccc(CC(N)=O)cc1. The second-order valence-corrected chi connectivity index (χ2v) is 9.73. The van der Waals surface area contributed by atoms with Gasteiger partial charge in [0, 0.05) is 24.1 Å². The summed E-state index contributed by atoms with van der Waals surface area (Å²) in [4.78, 5) is 13.6. The first-order chi connectivity index (χ1) is 15.2. The van der Waals surface area contributed by atoms with Gasteiger partial charge in [-0.3, -0.25) is 4.79 Å². The average Bonchev–Trinajstić information content (AvgIpc) is 2.76. The number of carbonyl (C=O) groups excluding carboxylic acids is 1. The Morgan fingerprint density at radius 3 is 1.65 bits per heavy atom. The van der Waals surface area contributed by atoms with Crippen LogP contribution in [0.3, 0.4) is 0 Å². The smallest absolute Gasteiger partial charge is 0.221 e. The van der Waals surface area contributed by atoms with Crippen LogP contribution in [-0.2, 0) is 11.2 Å². The number of benzene rings is 1. The molecule has 0 aromatic heterocycles. The van der Waals surface area contributed by atoms with E-state index in [1.54, 1.807) is 0 Å². The zero-order valence-electron chi connectivity index (χ0n) is 20.1. The molecule has 0 aliphatic rings. The minimum atomic E-state index is -0.272. The molecular formula is C27H47BrN2O. The Labute approximate surface area is 200 Å². The Morgan fingerprint density at radius 2 is 1.19 bits per heavy atom. The highest BCUT2D eigenvalue weighted by molar-refractivity contribution is 9.09. The van der Waals surface area contributed by atoms with Crippen molar-refractivity contribution in [3.8, 4) is 0 Å². The van der Waals surface area contributed by atoms with Gasteiger partial charge >= 0.3 is 0 Å². The largest absolute Gasteiger partial charge is 0.372 e. The molecule has 1 rings (SSSR count). The third-order valence-electron chi connectivity index (χ3n) is 6.02. The van der Waals surface area contributed by atoms with Crippen molar-refractivity contribution in [2.24, 2.45) is 5.73 Å². The molecule has 2 N–H and O–H groups in total. The van der Waals surface area contributed by atoms with Gasteiger partial charge in [-0.15, -0.1) is 0 Å². The topological polar surface area (TPSA) is 46.3 Å². The molecule has 0 spiro atoms. The zero-order valence-corrected chi connectivity index (χ0v) is 21.6. The highest BCUT2D eigenvalue weighted by Gasteiger charge is 2.07. The summed E-state index contributed by atoms with van der Waals surface area (Å²) in [6.07, 6.45) is 21.0. The molecule has 4 heteroatoms. The second kappa shape index (κ2) is 19.6. The molecule has 0 fully saturated rings. The normalized spacial score (nSPS) is 11.0. The Hall–Kier alpha value is -1.03. The Balaban J connectivity index is 2.12. The number of nitrogens with zero attached hydrogens (tertiary/aromatic N) is 1. The summed E-state index contributed by atoms with van der Waals surface area (Å²) in [6, 6.07) is 8.34. The standard InChI is InChI=1S/C27H47BrN2O/c1-2-3-4-5-6-7-8-9-10-11-12-13-14-15-22-30(23-16-21-28)26-19-17-25(18-20-26)24-27(29)31/h17-20H,2-16,21-24H2,1H3,(H2,29,31). The van der Waals surface area contributed by atoms with Gasteiger partial charge in [-0.1, -0.05) is 118 Å². The molecule has 31 heavy (non-hydrogen) atoms. The first-order valence-electron chi connectivity index (χ1n) is 12.9. The van der Waals surface area contributed by atoms with Crippen molar-refractivity contribution in [2.45, 2.75) is 110 Å². The quantitative estimate of drug-likeness (QED) is 0.140. The molecule has 1 aromatic carbocycles. The van der Waals surface area contributed by atoms with E-state index in [0.29, 0.717) is 6.42 Å². The van der Waals surface area contributed by atoms with Crippen LogP contribution < -0.4 is 10.6 Å². The lowest BCUT2D eigenvalue weighted by Gasteiger charge is -2.25. The van der Waals surface area contributed by atoms with Gasteiger partial charge in [0.1, 0.15) is 0 Å². The molecule has 0 atom stereocenters. The molecular weight excluding hydrogens is 448 g/mol. The highest BCUT2D eigenvalue weighted by Crippen LogP contribution is 2.18. The maximum absolute atomic E-state index is 11.1. The monoisotopic (exact) mass is 494 g/mol. The molecule has 0 saturated heterocycles. The summed E-state index contributed by atoms with van der Waals surface area (Å²) >= 11 is 3.56. The predicted molar refractivity (Wildman–Crippen MR) is 140 cm³/mol. The number of carbonyl (C=O) groups is 1. The van der Waals surface area contributed by atoms with Crippen LogP contribution in [0.15, 0.2) is 24.3 Å². The maximum Gasteiger partial charge on any atom is 0.221 e. The van der Waals surface area contributed by atoms with E-state index in [-0.39, 0.29) is 5.91 Å². The molecule has 0 aliphatic carbocycles. The minimum Gasteiger partial charge on any atom is -0.372 e. The van der Waals surface area contributed by atoms with Gasteiger partial charge in [0.25, 0.3) is 0 Å². The number of halogens is 1. The molecule has 0 radical (unpaired) electrons. The number of hydrogen-bond acceptors (Lipinski definition) is 2. The van der Waals surface area contributed by atoms with Crippen molar-refractivity contribution in [2.75, 3.05) is 23.3 Å². The number of rotatable bonds is 21. The summed E-state index contributed by atoms with van der Waals surface area (Å²) in [5.41, 5.74) is 7.55. The maximum atomic E-state index is 11.1. The van der Waals surface area contributed by atoms with E-state index in [2.05, 4.69) is 39.9 Å². The molecule has 0 saturated carbocycles. The number of alkyl halides is 1. The Kier molecular flexibility index (Phi) is 17.7. The lowest BCUT2D eigenvalue weighted by atomic mass is 10.0. The van der Waals surface area contributed by atoms with Crippen molar-refractivity contribution >= 4 is 27.5 Å². The molecule has 0 aliphatic heterocycles. The van der Waals surface area contributed by atoms with E-state index in [9.17, 15) is 4.79 Å². The van der Waals surface area contributed by atoms with Crippen LogP contribution in [0.5, 0.6) is 0 Å². The fourth-order valence-electron chi connectivity index (χ4n) is 4.14. The number of unbranched alkanes of at least 4 members (excludes halogenated alkanes) is 13. The van der Waals surface area contributed by atoms with E-state index in [4.69, 9.17) is 5.73 Å². The van der Waals surface area contributed by atoms with E-state index in [1.165, 1.54) is 95.6 Å². The molecule has 3 nitrogen and oxygen atoms in total. The fraction of sp³-hybridized carbons (Fsp3) is 0.741. The molecule has 0 bridgehead atoms. The van der Waals surface area contributed by atoms with Crippen LogP contribution in [0, 0.1) is 0 Å². The number of hydrogen-bond donors (Lipinski definition) is 1. The Morgan fingerprint density at radius 1 is 0.742 bits per heavy atom. The average molecular weight is 496 g/mol. The van der Waals surface area contributed by atoms with Crippen LogP contribution in [0.25, 0.3) is 0 Å². The van der Waals surface area contributed by atoms with Crippen LogP contribution in [0.1, 0.15) is 109 Å². The van der Waals surface area contributed by atoms with Crippen LogP contribution >= 0.6 is 15.9 Å². The van der Waals surface area contributed by atoms with Gasteiger partial charge in [0.15, 0.2) is 0 Å². The summed E-state index contributed by atoms with van der Waals surface area (Å²) < 4.78 is 0. The minimum absolute atomic E-state index is 0.272. The summed E-state index contributed by atoms with van der Waals surface area (Å²) in [5.74, 6) is -0.272. The molecule has 0 unspecified atom stereocenters. The third-order valence-corrected chi connectivity index (χ3v) is 6.58. The third kappa shape index (κ3) is 15.4. The van der Waals surface area contributed by atoms with Crippen molar-refractivity contribution in [3.05, 3.63) is 29.8 Å². The van der Waals surface area contributed by atoms with Crippen LogP contribution in [-0.4, -0.2) is 24.3 Å². The lowest BCUT2D eigenvalue weighted by Crippen LogP contribution is -2.26. The Bertz CT molecular complexity index is 547. The number of nitrogens with two attached hydrogens (primary N) is 1. The second-order valence-electron chi connectivity index (χ2n) is 8.94. The number of anilines is 1. The number of amides is 1. The molecule has 0 heterocycles. The van der Waals surface area contributed by atoms with Gasteiger partial charge < -0.3 is 10.6 Å². The van der Waals surface area contributed by atoms with Crippen LogP contribution in [0.2, 0.25) is 0 Å². The number of primary amides is 1. The fourth-order valence-corrected chi connectivity index (χ4v) is 4.39. The predicted octanol–water partition coefficient (Wildman–Crippen LogP) is 7.79. The van der Waals surface area contributed by atoms with Gasteiger partial charge in [0.2, 0.25) is 5.91 Å². The lowest BCUT2D eigenvalue weighted by molar-refractivity contribution is -0.117. The van der Waals surface area contributed by atoms with Gasteiger partial charge in [-0.25, -0.2) is 0 Å². The van der Waals surface area contributed by atoms with Gasteiger partial charge in [-0.05, 0) is 30.5 Å².